The summed E-state index contributed by atoms with van der Waals surface area (Å²) < 4.78 is 2.67. The van der Waals surface area contributed by atoms with Crippen LogP contribution in [0.1, 0.15) is 23.0 Å². The van der Waals surface area contributed by atoms with Crippen LogP contribution in [0.4, 0.5) is 17.1 Å². The van der Waals surface area contributed by atoms with Crippen molar-refractivity contribution in [2.24, 2.45) is 0 Å². The number of nitrogens with zero attached hydrogens (tertiary/aromatic N) is 1. The molecule has 2 aliphatic carbocycles. The predicted octanol–water partition coefficient (Wildman–Crippen LogP) is 15.5. The number of hydrogen-bond acceptors (Lipinski definition) is 2. The van der Waals surface area contributed by atoms with E-state index in [1.54, 1.807) is 0 Å². The zero-order valence-corrected chi connectivity index (χ0v) is 31.5. The van der Waals surface area contributed by atoms with Crippen LogP contribution in [0, 0.1) is 0 Å². The van der Waals surface area contributed by atoms with E-state index in [4.69, 9.17) is 0 Å². The van der Waals surface area contributed by atoms with Crippen molar-refractivity contribution in [3.63, 3.8) is 0 Å². The molecular formula is C54H37NS. The van der Waals surface area contributed by atoms with Crippen molar-refractivity contribution in [2.45, 2.75) is 11.8 Å². The average Bonchev–Trinajstić information content (AvgIpc) is 3.65. The molecule has 0 radical (unpaired) electrons. The summed E-state index contributed by atoms with van der Waals surface area (Å²) in [6.07, 6.45) is 9.16. The minimum atomic E-state index is 0.295. The highest BCUT2D eigenvalue weighted by Gasteiger charge is 2.32. The number of rotatable bonds is 6. The molecule has 0 amide bonds. The lowest BCUT2D eigenvalue weighted by atomic mass is 9.70. The molecule has 0 spiro atoms. The predicted molar refractivity (Wildman–Crippen MR) is 240 cm³/mol. The Hall–Kier alpha value is -6.74. The van der Waals surface area contributed by atoms with E-state index in [1.807, 2.05) is 11.3 Å². The van der Waals surface area contributed by atoms with Gasteiger partial charge < -0.3 is 4.90 Å². The lowest BCUT2D eigenvalue weighted by Gasteiger charge is -2.35. The third-order valence-electron chi connectivity index (χ3n) is 11.7. The zero-order valence-electron chi connectivity index (χ0n) is 30.7. The highest BCUT2D eigenvalue weighted by molar-refractivity contribution is 7.25. The molecule has 56 heavy (non-hydrogen) atoms. The number of anilines is 3. The lowest BCUT2D eigenvalue weighted by molar-refractivity contribution is 0.720. The first-order chi connectivity index (χ1) is 27.7. The Bertz CT molecular complexity index is 2950. The first-order valence-electron chi connectivity index (χ1n) is 19.4. The van der Waals surface area contributed by atoms with Gasteiger partial charge >= 0.3 is 0 Å². The molecule has 264 valence electrons. The van der Waals surface area contributed by atoms with Crippen LogP contribution in [0.15, 0.2) is 212 Å². The van der Waals surface area contributed by atoms with E-state index < -0.39 is 0 Å². The van der Waals surface area contributed by atoms with E-state index >= 15 is 0 Å². The van der Waals surface area contributed by atoms with Gasteiger partial charge in [0.15, 0.2) is 0 Å². The highest BCUT2D eigenvalue weighted by Crippen LogP contribution is 2.51. The minimum absolute atomic E-state index is 0.295. The molecule has 0 N–H and O–H groups in total. The number of allylic oxidation sites excluding steroid dienone is 4. The van der Waals surface area contributed by atoms with Crippen molar-refractivity contribution in [1.82, 2.24) is 0 Å². The monoisotopic (exact) mass is 731 g/mol. The molecule has 1 nitrogen and oxygen atoms in total. The normalized spacial score (nSPS) is 15.4. The Kier molecular flexibility index (Phi) is 7.89. The van der Waals surface area contributed by atoms with Crippen LogP contribution in [0.2, 0.25) is 0 Å². The van der Waals surface area contributed by atoms with Crippen LogP contribution >= 0.6 is 11.3 Å². The quantitative estimate of drug-likeness (QED) is 0.165. The van der Waals surface area contributed by atoms with Gasteiger partial charge in [0.25, 0.3) is 0 Å². The van der Waals surface area contributed by atoms with Crippen LogP contribution in [0.25, 0.3) is 64.7 Å². The molecule has 1 heterocycles. The molecule has 0 aliphatic heterocycles. The molecule has 2 atom stereocenters. The molecule has 0 saturated carbocycles. The summed E-state index contributed by atoms with van der Waals surface area (Å²) in [6.45, 7) is 0. The maximum atomic E-state index is 2.43. The van der Waals surface area contributed by atoms with Gasteiger partial charge in [0, 0.05) is 49.1 Å². The third-order valence-corrected chi connectivity index (χ3v) is 12.8. The maximum Gasteiger partial charge on any atom is 0.0465 e. The van der Waals surface area contributed by atoms with E-state index in [9.17, 15) is 0 Å². The van der Waals surface area contributed by atoms with Crippen molar-refractivity contribution < 1.29 is 0 Å². The summed E-state index contributed by atoms with van der Waals surface area (Å²) in [6, 6.07) is 69.3. The molecule has 2 heteroatoms. The molecule has 9 aromatic rings. The standard InChI is InChI=1S/C54H37NS/c1-2-10-36(11-3-1)38-22-27-42(28-23-38)55(44-31-32-49-47-14-5-4-12-45(47)46-13-6-7-15-48(46)51(49)35-44)43-29-24-39(25-30-43)37-18-20-40(21-19-37)41-26-33-54-52(34-41)50-16-8-9-17-53(50)56-54/h1-35,46,48H. The van der Waals surface area contributed by atoms with Gasteiger partial charge in [-0.15, -0.1) is 11.3 Å². The molecule has 8 aromatic carbocycles. The average molecular weight is 732 g/mol. The van der Waals surface area contributed by atoms with E-state index in [2.05, 4.69) is 217 Å². The summed E-state index contributed by atoms with van der Waals surface area (Å²) in [5.74, 6) is 0.630. The van der Waals surface area contributed by atoms with Gasteiger partial charge in [-0.05, 0) is 110 Å². The third kappa shape index (κ3) is 5.61. The first kappa shape index (κ1) is 32.7. The Morgan fingerprint density at radius 1 is 0.339 bits per heavy atom. The Morgan fingerprint density at radius 2 is 0.839 bits per heavy atom. The van der Waals surface area contributed by atoms with E-state index in [-0.39, 0.29) is 0 Å². The number of fused-ring (bicyclic) bond motifs is 9. The van der Waals surface area contributed by atoms with Crippen molar-refractivity contribution in [3.8, 4) is 44.5 Å². The van der Waals surface area contributed by atoms with Crippen LogP contribution in [0.3, 0.4) is 0 Å². The molecular weight excluding hydrogens is 695 g/mol. The van der Waals surface area contributed by atoms with Crippen LogP contribution in [-0.2, 0) is 0 Å². The smallest absolute Gasteiger partial charge is 0.0465 e. The van der Waals surface area contributed by atoms with Crippen molar-refractivity contribution in [3.05, 3.63) is 223 Å². The summed E-state index contributed by atoms with van der Waals surface area (Å²) in [5.41, 5.74) is 16.2. The Labute approximate surface area is 331 Å². The number of benzene rings is 8. The molecule has 2 aliphatic rings. The van der Waals surface area contributed by atoms with Crippen molar-refractivity contribution in [2.75, 3.05) is 4.90 Å². The SMILES string of the molecule is C1=CC2c3ccccc3-c3ccc(N(c4ccc(-c5ccccc5)cc4)c4ccc(-c5ccc(-c6ccc7sc8ccccc8c7c6)cc5)cc4)cc3C2C=C1. The van der Waals surface area contributed by atoms with Crippen LogP contribution < -0.4 is 4.90 Å². The van der Waals surface area contributed by atoms with Gasteiger partial charge in [0.05, 0.1) is 0 Å². The second kappa shape index (κ2) is 13.5. The Morgan fingerprint density at radius 3 is 1.55 bits per heavy atom. The molecule has 2 unspecified atom stereocenters. The number of hydrogen-bond donors (Lipinski definition) is 0. The molecule has 1 aromatic heterocycles. The van der Waals surface area contributed by atoms with Gasteiger partial charge in [-0.3, -0.25) is 0 Å². The summed E-state index contributed by atoms with van der Waals surface area (Å²) >= 11 is 1.86. The van der Waals surface area contributed by atoms with Gasteiger partial charge in [0.1, 0.15) is 0 Å². The lowest BCUT2D eigenvalue weighted by Crippen LogP contribution is -2.17. The minimum Gasteiger partial charge on any atom is -0.310 e. The summed E-state index contributed by atoms with van der Waals surface area (Å²) in [5, 5.41) is 2.66. The fraction of sp³-hybridized carbons (Fsp3) is 0.0370. The number of thiophene rings is 1. The summed E-state index contributed by atoms with van der Waals surface area (Å²) in [7, 11) is 0. The maximum absolute atomic E-state index is 2.43. The highest BCUT2D eigenvalue weighted by atomic mass is 32.1. The zero-order chi connectivity index (χ0) is 37.0. The van der Waals surface area contributed by atoms with E-state index in [0.717, 1.165) is 17.1 Å². The topological polar surface area (TPSA) is 3.24 Å². The first-order valence-corrected chi connectivity index (χ1v) is 20.2. The van der Waals surface area contributed by atoms with Gasteiger partial charge in [-0.2, -0.15) is 0 Å². The van der Waals surface area contributed by atoms with Crippen LogP contribution in [-0.4, -0.2) is 0 Å². The van der Waals surface area contributed by atoms with Gasteiger partial charge in [-0.25, -0.2) is 0 Å². The fourth-order valence-electron chi connectivity index (χ4n) is 8.89. The van der Waals surface area contributed by atoms with E-state index in [1.165, 1.54) is 75.8 Å². The van der Waals surface area contributed by atoms with Gasteiger partial charge in [0.2, 0.25) is 0 Å². The van der Waals surface area contributed by atoms with Gasteiger partial charge in [-0.1, -0.05) is 158 Å². The molecule has 0 bridgehead atoms. The largest absolute Gasteiger partial charge is 0.310 e. The molecule has 11 rings (SSSR count). The molecule has 0 fully saturated rings. The molecule has 0 saturated heterocycles. The summed E-state index contributed by atoms with van der Waals surface area (Å²) in [4.78, 5) is 2.41. The van der Waals surface area contributed by atoms with Crippen LogP contribution in [0.5, 0.6) is 0 Å². The van der Waals surface area contributed by atoms with Crippen molar-refractivity contribution in [1.29, 1.82) is 0 Å². The Balaban J connectivity index is 0.956. The second-order valence-electron chi connectivity index (χ2n) is 14.9. The van der Waals surface area contributed by atoms with E-state index in [0.29, 0.717) is 11.8 Å². The second-order valence-corrected chi connectivity index (χ2v) is 15.9. The van der Waals surface area contributed by atoms with Crippen molar-refractivity contribution >= 4 is 48.6 Å². The fourth-order valence-corrected chi connectivity index (χ4v) is 9.98.